The monoisotopic (exact) mass is 541 g/mol. The number of rotatable bonds is 8. The van der Waals surface area contributed by atoms with E-state index in [0.717, 1.165) is 10.4 Å². The summed E-state index contributed by atoms with van der Waals surface area (Å²) >= 11 is 1.34. The van der Waals surface area contributed by atoms with Crippen LogP contribution in [0.2, 0.25) is 5.04 Å². The molecule has 0 saturated carbocycles. The molecule has 1 amide bonds. The first-order valence-electron chi connectivity index (χ1n) is 11.9. The highest BCUT2D eigenvalue weighted by Gasteiger charge is 2.57. The SMILES string of the molecule is CC(=O)OC(N)C1=C(C(=O)O)N2C(=O)[C@@H](NO[Si](c3ccccc3)(c3ccccc3)C(C)(C)C)[C@H]2SC1. The van der Waals surface area contributed by atoms with Crippen LogP contribution in [0.25, 0.3) is 0 Å². The highest BCUT2D eigenvalue weighted by Crippen LogP contribution is 2.42. The summed E-state index contributed by atoms with van der Waals surface area (Å²) in [6, 6.07) is 19.2. The second-order valence-electron chi connectivity index (χ2n) is 9.98. The van der Waals surface area contributed by atoms with Crippen molar-refractivity contribution >= 4 is 48.3 Å². The van der Waals surface area contributed by atoms with Crippen molar-refractivity contribution in [2.45, 2.75) is 50.4 Å². The van der Waals surface area contributed by atoms with E-state index < -0.39 is 43.8 Å². The molecule has 2 aliphatic heterocycles. The Morgan fingerprint density at radius 3 is 2.11 bits per heavy atom. The van der Waals surface area contributed by atoms with E-state index in [2.05, 4.69) is 26.3 Å². The summed E-state index contributed by atoms with van der Waals surface area (Å²) in [4.78, 5) is 38.0. The second-order valence-corrected chi connectivity index (χ2v) is 15.3. The maximum absolute atomic E-state index is 13.3. The van der Waals surface area contributed by atoms with Gasteiger partial charge in [0.2, 0.25) is 0 Å². The van der Waals surface area contributed by atoms with Crippen molar-refractivity contribution in [3.8, 4) is 0 Å². The average Bonchev–Trinajstić information content (AvgIpc) is 2.85. The fourth-order valence-electron chi connectivity index (χ4n) is 4.89. The molecule has 4 rings (SSSR count). The van der Waals surface area contributed by atoms with Gasteiger partial charge in [-0.2, -0.15) is 5.48 Å². The number of hydrogen-bond donors (Lipinski definition) is 3. The normalized spacial score (nSPS) is 20.7. The summed E-state index contributed by atoms with van der Waals surface area (Å²) in [5.41, 5.74) is 8.94. The van der Waals surface area contributed by atoms with Crippen molar-refractivity contribution in [2.24, 2.45) is 5.73 Å². The number of nitrogens with two attached hydrogens (primary N) is 1. The zero-order valence-electron chi connectivity index (χ0n) is 21.1. The highest BCUT2D eigenvalue weighted by molar-refractivity contribution is 8.00. The van der Waals surface area contributed by atoms with E-state index in [1.807, 2.05) is 60.7 Å². The van der Waals surface area contributed by atoms with Crippen LogP contribution in [-0.2, 0) is 23.6 Å². The lowest BCUT2D eigenvalue weighted by atomic mass is 10.0. The number of aliphatic carboxylic acids is 1. The van der Waals surface area contributed by atoms with Gasteiger partial charge in [0, 0.05) is 18.2 Å². The molecule has 0 spiro atoms. The number of carboxylic acid groups (broad SMARTS) is 1. The molecule has 0 radical (unpaired) electrons. The molecule has 1 unspecified atom stereocenters. The van der Waals surface area contributed by atoms with E-state index in [1.54, 1.807) is 0 Å². The zero-order chi connectivity index (χ0) is 27.0. The van der Waals surface area contributed by atoms with E-state index in [4.69, 9.17) is 15.0 Å². The average molecular weight is 542 g/mol. The fourth-order valence-corrected chi connectivity index (χ4v) is 10.5. The Bertz CT molecular complexity index is 1180. The van der Waals surface area contributed by atoms with Crippen LogP contribution in [0.1, 0.15) is 27.7 Å². The van der Waals surface area contributed by atoms with Crippen molar-refractivity contribution < 1.29 is 28.8 Å². The molecule has 9 nitrogen and oxygen atoms in total. The van der Waals surface area contributed by atoms with Crippen molar-refractivity contribution in [3.05, 3.63) is 71.9 Å². The predicted molar refractivity (Wildman–Crippen MR) is 143 cm³/mol. The summed E-state index contributed by atoms with van der Waals surface area (Å²) < 4.78 is 11.7. The Labute approximate surface area is 221 Å². The Kier molecular flexibility index (Phi) is 7.63. The number of carbonyl (C=O) groups excluding carboxylic acids is 2. The number of esters is 1. The van der Waals surface area contributed by atoms with E-state index in [0.29, 0.717) is 0 Å². The molecule has 2 aliphatic rings. The fraction of sp³-hybridized carbons (Fsp3) is 0.346. The number of amides is 1. The maximum Gasteiger partial charge on any atom is 0.352 e. The molecular weight excluding hydrogens is 510 g/mol. The third kappa shape index (κ3) is 4.85. The molecule has 0 aromatic heterocycles. The number of carbonyl (C=O) groups is 3. The van der Waals surface area contributed by atoms with Crippen LogP contribution >= 0.6 is 11.8 Å². The number of thioether (sulfide) groups is 1. The van der Waals surface area contributed by atoms with E-state index >= 15 is 0 Å². The number of nitrogens with zero attached hydrogens (tertiary/aromatic N) is 1. The minimum Gasteiger partial charge on any atom is -0.477 e. The van der Waals surface area contributed by atoms with Gasteiger partial charge >= 0.3 is 11.9 Å². The summed E-state index contributed by atoms with van der Waals surface area (Å²) in [6.07, 6.45) is -1.25. The lowest BCUT2D eigenvalue weighted by Crippen LogP contribution is -2.74. The topological polar surface area (TPSA) is 131 Å². The number of β-lactam (4-membered cyclic amide) rings is 1. The summed E-state index contributed by atoms with van der Waals surface area (Å²) in [5, 5.41) is 11.1. The van der Waals surface area contributed by atoms with Gasteiger partial charge in [0.15, 0.2) is 6.23 Å². The smallest absolute Gasteiger partial charge is 0.352 e. The molecule has 37 heavy (non-hydrogen) atoms. The third-order valence-electron chi connectivity index (χ3n) is 6.59. The van der Waals surface area contributed by atoms with Gasteiger partial charge in [-0.05, 0) is 15.4 Å². The Hall–Kier alpha value is -2.96. The largest absolute Gasteiger partial charge is 0.477 e. The molecule has 2 heterocycles. The number of hydroxylamine groups is 1. The Morgan fingerprint density at radius 2 is 1.65 bits per heavy atom. The first kappa shape index (κ1) is 27.1. The standard InChI is InChI=1S/C26H31N3O6SSi/c1-16(30)34-22(27)19-15-36-24-20(23(31)29(24)21(19)25(32)33)28-35-37(26(2,3)4,17-11-7-5-8-12-17)18-13-9-6-10-14-18/h5-14,20,22,24,28H,15,27H2,1-4H3,(H,32,33)/t20-,22?,24-/m1/s1. The number of nitrogens with one attached hydrogen (secondary N) is 1. The molecule has 0 bridgehead atoms. The number of carboxylic acids is 1. The van der Waals surface area contributed by atoms with Gasteiger partial charge in [0.1, 0.15) is 17.1 Å². The van der Waals surface area contributed by atoms with E-state index in [1.165, 1.54) is 23.6 Å². The molecular formula is C26H31N3O6SSi. The summed E-state index contributed by atoms with van der Waals surface area (Å²) in [6.45, 7) is 7.56. The number of fused-ring (bicyclic) bond motifs is 1. The van der Waals surface area contributed by atoms with Crippen LogP contribution in [0.4, 0.5) is 0 Å². The van der Waals surface area contributed by atoms with Gasteiger partial charge in [-0.15, -0.1) is 11.8 Å². The molecule has 1 fully saturated rings. The first-order valence-corrected chi connectivity index (χ1v) is 14.8. The van der Waals surface area contributed by atoms with E-state index in [9.17, 15) is 19.5 Å². The predicted octanol–water partition coefficient (Wildman–Crippen LogP) is 1.54. The van der Waals surface area contributed by atoms with E-state index in [-0.39, 0.29) is 22.1 Å². The van der Waals surface area contributed by atoms with Crippen LogP contribution in [-0.4, -0.2) is 59.6 Å². The van der Waals surface area contributed by atoms with Crippen LogP contribution in [0.3, 0.4) is 0 Å². The molecule has 1 saturated heterocycles. The zero-order valence-corrected chi connectivity index (χ0v) is 23.0. The number of benzene rings is 2. The lowest BCUT2D eigenvalue weighted by molar-refractivity contribution is -0.153. The minimum absolute atomic E-state index is 0.184. The number of hydrogen-bond acceptors (Lipinski definition) is 8. The van der Waals surface area contributed by atoms with Crippen LogP contribution in [0, 0.1) is 0 Å². The van der Waals surface area contributed by atoms with Crippen molar-refractivity contribution in [1.29, 1.82) is 0 Å². The molecule has 196 valence electrons. The van der Waals surface area contributed by atoms with Gasteiger partial charge in [-0.1, -0.05) is 81.4 Å². The van der Waals surface area contributed by atoms with Gasteiger partial charge in [0.05, 0.1) is 0 Å². The number of ether oxygens (including phenoxy) is 1. The summed E-state index contributed by atoms with van der Waals surface area (Å²) in [7, 11) is -2.97. The first-order chi connectivity index (χ1) is 17.5. The van der Waals surface area contributed by atoms with Crippen LogP contribution < -0.4 is 21.6 Å². The third-order valence-corrected chi connectivity index (χ3v) is 12.7. The Morgan fingerprint density at radius 1 is 1.11 bits per heavy atom. The molecule has 11 heteroatoms. The second kappa shape index (κ2) is 10.4. The van der Waals surface area contributed by atoms with Crippen LogP contribution in [0.15, 0.2) is 71.9 Å². The quantitative estimate of drug-likeness (QED) is 0.150. The van der Waals surface area contributed by atoms with Gasteiger partial charge in [-0.25, -0.2) is 4.79 Å². The molecule has 2 aromatic rings. The van der Waals surface area contributed by atoms with Gasteiger partial charge in [0.25, 0.3) is 14.2 Å². The van der Waals surface area contributed by atoms with Crippen LogP contribution in [0.5, 0.6) is 0 Å². The lowest BCUT2D eigenvalue weighted by Gasteiger charge is -2.51. The van der Waals surface area contributed by atoms with Crippen molar-refractivity contribution in [2.75, 3.05) is 5.75 Å². The summed E-state index contributed by atoms with van der Waals surface area (Å²) in [5.74, 6) is -2.19. The van der Waals surface area contributed by atoms with Crippen molar-refractivity contribution in [1.82, 2.24) is 10.4 Å². The molecule has 4 N–H and O–H groups in total. The maximum atomic E-state index is 13.3. The minimum atomic E-state index is -2.97. The van der Waals surface area contributed by atoms with Gasteiger partial charge in [-0.3, -0.25) is 20.2 Å². The Balaban J connectivity index is 1.66. The van der Waals surface area contributed by atoms with Crippen molar-refractivity contribution in [3.63, 3.8) is 0 Å². The molecule has 2 aromatic carbocycles. The molecule has 3 atom stereocenters. The molecule has 0 aliphatic carbocycles. The van der Waals surface area contributed by atoms with Gasteiger partial charge < -0.3 is 14.4 Å². The highest BCUT2D eigenvalue weighted by atomic mass is 32.2.